The molecule has 1 amide bonds. The summed E-state index contributed by atoms with van der Waals surface area (Å²) in [5.74, 6) is -0.576. The van der Waals surface area contributed by atoms with E-state index in [0.717, 1.165) is 50.1 Å². The Bertz CT molecular complexity index is 1010. The van der Waals surface area contributed by atoms with E-state index in [0.29, 0.717) is 30.1 Å². The van der Waals surface area contributed by atoms with Crippen LogP contribution in [-0.2, 0) is 25.4 Å². The molecule has 2 atom stereocenters. The molecule has 33 heavy (non-hydrogen) atoms. The fourth-order valence-corrected chi connectivity index (χ4v) is 5.23. The van der Waals surface area contributed by atoms with Crippen LogP contribution in [0.4, 0.5) is 9.52 Å². The van der Waals surface area contributed by atoms with Crippen molar-refractivity contribution < 1.29 is 23.0 Å². The van der Waals surface area contributed by atoms with Crippen LogP contribution in [0.2, 0.25) is 0 Å². The number of nitrogens with one attached hydrogen (secondary N) is 1. The van der Waals surface area contributed by atoms with Crippen molar-refractivity contribution in [2.75, 3.05) is 51.8 Å². The van der Waals surface area contributed by atoms with Crippen LogP contribution in [0.15, 0.2) is 40.5 Å². The monoisotopic (exact) mass is 495 g/mol. The average Bonchev–Trinajstić information content (AvgIpc) is 3.42. The van der Waals surface area contributed by atoms with Gasteiger partial charge in [-0.05, 0) is 32.1 Å². The number of oxime groups is 1. The Morgan fingerprint density at radius 2 is 2.12 bits per heavy atom. The molecule has 9 nitrogen and oxygen atoms in total. The Hall–Kier alpha value is -2.25. The zero-order chi connectivity index (χ0) is 23.2. The number of thiazole rings is 1. The molecule has 2 aromatic rings. The number of rotatable bonds is 7. The van der Waals surface area contributed by atoms with Crippen LogP contribution in [-0.4, -0.2) is 82.6 Å². The number of aromatic nitrogens is 1. The van der Waals surface area contributed by atoms with E-state index in [4.69, 9.17) is 9.57 Å². The van der Waals surface area contributed by atoms with Gasteiger partial charge in [0.15, 0.2) is 22.1 Å². The van der Waals surface area contributed by atoms with Crippen molar-refractivity contribution in [2.45, 2.75) is 23.8 Å². The van der Waals surface area contributed by atoms with E-state index < -0.39 is 22.0 Å². The Balaban J connectivity index is 1.51. The number of amides is 1. The first kappa shape index (κ1) is 23.9. The van der Waals surface area contributed by atoms with Gasteiger partial charge in [0.1, 0.15) is 11.0 Å². The predicted molar refractivity (Wildman–Crippen MR) is 124 cm³/mol. The lowest BCUT2D eigenvalue weighted by atomic mass is 10.1. The van der Waals surface area contributed by atoms with Gasteiger partial charge < -0.3 is 14.5 Å². The Morgan fingerprint density at radius 1 is 1.30 bits per heavy atom. The molecular weight excluding hydrogens is 469 g/mol. The van der Waals surface area contributed by atoms with E-state index in [1.807, 2.05) is 4.31 Å². The Kier molecular flexibility index (Phi) is 8.15. The lowest BCUT2D eigenvalue weighted by Crippen LogP contribution is -2.30. The third kappa shape index (κ3) is 6.42. The quantitative estimate of drug-likeness (QED) is 0.467. The molecule has 1 N–H and O–H groups in total. The maximum absolute atomic E-state index is 13.3. The summed E-state index contributed by atoms with van der Waals surface area (Å²) in [6.07, 6.45) is 2.43. The van der Waals surface area contributed by atoms with Gasteiger partial charge in [-0.2, -0.15) is 4.39 Å². The van der Waals surface area contributed by atoms with Gasteiger partial charge in [0.2, 0.25) is 0 Å². The van der Waals surface area contributed by atoms with Crippen molar-refractivity contribution in [3.63, 3.8) is 0 Å². The van der Waals surface area contributed by atoms with Gasteiger partial charge in [0.25, 0.3) is 5.91 Å². The maximum atomic E-state index is 13.3. The van der Waals surface area contributed by atoms with E-state index in [1.54, 1.807) is 24.3 Å². The van der Waals surface area contributed by atoms with Crippen LogP contribution >= 0.6 is 11.3 Å². The first-order chi connectivity index (χ1) is 16.0. The number of likely N-dealkylation sites (N-methyl/N-ethyl adjacent to an activating group) is 1. The number of halogens is 1. The zero-order valence-electron chi connectivity index (χ0n) is 18.2. The minimum absolute atomic E-state index is 0.0197. The second-order valence-electron chi connectivity index (χ2n) is 7.81. The first-order valence-corrected chi connectivity index (χ1v) is 12.6. The minimum atomic E-state index is -1.29. The van der Waals surface area contributed by atoms with Crippen molar-refractivity contribution >= 4 is 39.1 Å². The van der Waals surface area contributed by atoms with E-state index >= 15 is 0 Å². The molecule has 2 fully saturated rings. The summed E-state index contributed by atoms with van der Waals surface area (Å²) < 4.78 is 33.6. The van der Waals surface area contributed by atoms with Crippen molar-refractivity contribution in [1.29, 1.82) is 0 Å². The summed E-state index contributed by atoms with van der Waals surface area (Å²) in [6, 6.07) is 6.83. The highest BCUT2D eigenvalue weighted by atomic mass is 32.2. The van der Waals surface area contributed by atoms with Crippen LogP contribution in [0.1, 0.15) is 18.4 Å². The number of hydrogen-bond donors (Lipinski definition) is 1. The summed E-state index contributed by atoms with van der Waals surface area (Å²) >= 11 is 0.721. The van der Waals surface area contributed by atoms with Gasteiger partial charge in [-0.1, -0.05) is 28.6 Å². The van der Waals surface area contributed by atoms with Gasteiger partial charge in [0.05, 0.1) is 24.3 Å². The zero-order valence-corrected chi connectivity index (χ0v) is 19.9. The highest BCUT2D eigenvalue weighted by molar-refractivity contribution is 7.82. The first-order valence-electron chi connectivity index (χ1n) is 10.7. The molecule has 4 rings (SSSR count). The van der Waals surface area contributed by atoms with E-state index in [9.17, 15) is 13.4 Å². The summed E-state index contributed by atoms with van der Waals surface area (Å²) in [7, 11) is 0.768. The summed E-state index contributed by atoms with van der Waals surface area (Å²) in [4.78, 5) is 25.1. The van der Waals surface area contributed by atoms with Gasteiger partial charge in [0, 0.05) is 31.6 Å². The third-order valence-electron chi connectivity index (χ3n) is 5.34. The standard InChI is InChI=1S/C21H26FN5O4S2/c1-26-8-2-9-27(11-10-26)33(29)17-5-3-15(4-6-17)19(25-31-16-7-12-30-14-16)20(28)24-21-23-13-18(22)32-21/h3-6,13,16H,2,7-12,14H2,1H3,(H,23,24,28)/b25-19+/t16-,33?/m1/s1. The van der Waals surface area contributed by atoms with E-state index in [2.05, 4.69) is 27.4 Å². The number of benzene rings is 1. The highest BCUT2D eigenvalue weighted by Gasteiger charge is 2.23. The van der Waals surface area contributed by atoms with Crippen molar-refractivity contribution in [3.8, 4) is 0 Å². The molecule has 12 heteroatoms. The summed E-state index contributed by atoms with van der Waals surface area (Å²) in [5.41, 5.74) is 0.506. The highest BCUT2D eigenvalue weighted by Crippen LogP contribution is 2.19. The maximum Gasteiger partial charge on any atom is 0.280 e. The molecule has 1 aromatic carbocycles. The smallest absolute Gasteiger partial charge is 0.280 e. The number of carbonyl (C=O) groups is 1. The number of nitrogens with zero attached hydrogens (tertiary/aromatic N) is 4. The molecule has 0 spiro atoms. The SMILES string of the molecule is CN1CCCN(S(=O)c2ccc(/C(=N\O[C@@H]3CCOC3)C(=O)Nc3ncc(F)s3)cc2)CC1. The number of anilines is 1. The molecule has 2 aliphatic rings. The van der Waals surface area contributed by atoms with E-state index in [-0.39, 0.29) is 16.9 Å². The van der Waals surface area contributed by atoms with Crippen molar-refractivity contribution in [3.05, 3.63) is 41.2 Å². The van der Waals surface area contributed by atoms with Crippen molar-refractivity contribution in [1.82, 2.24) is 14.2 Å². The molecule has 178 valence electrons. The topological polar surface area (TPSA) is 96.4 Å². The predicted octanol–water partition coefficient (Wildman–Crippen LogP) is 2.09. The minimum Gasteiger partial charge on any atom is -0.389 e. The lowest BCUT2D eigenvalue weighted by Gasteiger charge is -2.19. The van der Waals surface area contributed by atoms with Gasteiger partial charge in [-0.3, -0.25) is 10.1 Å². The van der Waals surface area contributed by atoms with Gasteiger partial charge in [-0.15, -0.1) is 0 Å². The largest absolute Gasteiger partial charge is 0.389 e. The number of ether oxygens (including phenoxy) is 1. The van der Waals surface area contributed by atoms with Crippen LogP contribution in [0.3, 0.4) is 0 Å². The molecule has 1 aromatic heterocycles. The Labute approximate surface area is 198 Å². The molecule has 2 saturated heterocycles. The van der Waals surface area contributed by atoms with Crippen molar-refractivity contribution in [2.24, 2.45) is 5.16 Å². The van der Waals surface area contributed by atoms with Crippen LogP contribution in [0, 0.1) is 5.13 Å². The molecule has 0 radical (unpaired) electrons. The second-order valence-corrected chi connectivity index (χ2v) is 10.3. The molecule has 0 saturated carbocycles. The summed E-state index contributed by atoms with van der Waals surface area (Å²) in [6.45, 7) is 4.31. The fraction of sp³-hybridized carbons (Fsp3) is 0.476. The average molecular weight is 496 g/mol. The van der Waals surface area contributed by atoms with E-state index in [1.165, 1.54) is 0 Å². The molecule has 0 bridgehead atoms. The molecule has 0 aliphatic carbocycles. The number of hydrogen-bond acceptors (Lipinski definition) is 8. The van der Waals surface area contributed by atoms with Crippen LogP contribution in [0.25, 0.3) is 0 Å². The summed E-state index contributed by atoms with van der Waals surface area (Å²) in [5, 5.41) is 6.25. The van der Waals surface area contributed by atoms with Crippen LogP contribution < -0.4 is 5.32 Å². The third-order valence-corrected chi connectivity index (χ3v) is 7.55. The molecular formula is C21H26FN5O4S2. The molecule has 2 aliphatic heterocycles. The fourth-order valence-electron chi connectivity index (χ4n) is 3.48. The number of carbonyl (C=O) groups excluding carboxylic acids is 1. The van der Waals surface area contributed by atoms with Gasteiger partial charge >= 0.3 is 0 Å². The second kappa shape index (κ2) is 11.3. The normalized spacial score (nSPS) is 21.5. The molecule has 3 heterocycles. The Morgan fingerprint density at radius 3 is 2.82 bits per heavy atom. The van der Waals surface area contributed by atoms with Gasteiger partial charge in [-0.25, -0.2) is 13.5 Å². The van der Waals surface area contributed by atoms with Crippen LogP contribution in [0.5, 0.6) is 0 Å². The molecule has 1 unspecified atom stereocenters. The lowest BCUT2D eigenvalue weighted by molar-refractivity contribution is -0.110.